The van der Waals surface area contributed by atoms with Gasteiger partial charge in [0, 0.05) is 11.1 Å². The number of aliphatic carboxylic acids is 1. The van der Waals surface area contributed by atoms with Gasteiger partial charge in [0.05, 0.1) is 5.02 Å². The van der Waals surface area contributed by atoms with Crippen LogP contribution in [0.25, 0.3) is 0 Å². The van der Waals surface area contributed by atoms with Crippen molar-refractivity contribution in [2.75, 3.05) is 13.2 Å². The van der Waals surface area contributed by atoms with Crippen LogP contribution in [0, 0.1) is 0 Å². The molecule has 0 fully saturated rings. The number of halogens is 2. The molecule has 0 aliphatic carbocycles. The molecule has 1 aromatic rings. The van der Waals surface area contributed by atoms with E-state index in [1.807, 2.05) is 0 Å². The Kier molecular flexibility index (Phi) is 5.74. The van der Waals surface area contributed by atoms with Gasteiger partial charge in [-0.05, 0) is 25.1 Å². The van der Waals surface area contributed by atoms with Gasteiger partial charge < -0.3 is 14.6 Å². The van der Waals surface area contributed by atoms with Crippen LogP contribution in [-0.2, 0) is 9.53 Å². The van der Waals surface area contributed by atoms with E-state index in [1.54, 1.807) is 25.1 Å². The molecule has 0 aliphatic rings. The fourth-order valence-electron chi connectivity index (χ4n) is 1.15. The predicted octanol–water partition coefficient (Wildman–Crippen LogP) is 2.97. The third kappa shape index (κ3) is 4.53. The molecule has 0 saturated heterocycles. The van der Waals surface area contributed by atoms with Crippen LogP contribution in [0.4, 0.5) is 0 Å². The number of benzene rings is 1. The smallest absolute Gasteiger partial charge is 0.336 e. The van der Waals surface area contributed by atoms with E-state index in [9.17, 15) is 4.79 Å². The molecule has 0 aromatic heterocycles. The molecule has 0 radical (unpaired) electrons. The SMILES string of the molecule is CCOC(COc1cc(Br)ccc1Cl)C(=O)O. The van der Waals surface area contributed by atoms with E-state index in [1.165, 1.54) is 0 Å². The number of hydrogen-bond donors (Lipinski definition) is 1. The molecule has 1 aromatic carbocycles. The molecule has 1 unspecified atom stereocenters. The minimum Gasteiger partial charge on any atom is -0.489 e. The Morgan fingerprint density at radius 1 is 1.59 bits per heavy atom. The molecule has 6 heteroatoms. The quantitative estimate of drug-likeness (QED) is 0.874. The van der Waals surface area contributed by atoms with E-state index in [0.717, 1.165) is 4.47 Å². The summed E-state index contributed by atoms with van der Waals surface area (Å²) in [6.07, 6.45) is -0.991. The van der Waals surface area contributed by atoms with Crippen LogP contribution in [0.15, 0.2) is 22.7 Å². The lowest BCUT2D eigenvalue weighted by atomic mass is 10.3. The van der Waals surface area contributed by atoms with Gasteiger partial charge in [0.25, 0.3) is 0 Å². The predicted molar refractivity (Wildman–Crippen MR) is 67.7 cm³/mol. The van der Waals surface area contributed by atoms with Crippen LogP contribution in [-0.4, -0.2) is 30.4 Å². The molecular formula is C11H12BrClO4. The van der Waals surface area contributed by atoms with Crippen molar-refractivity contribution in [3.63, 3.8) is 0 Å². The monoisotopic (exact) mass is 322 g/mol. The maximum absolute atomic E-state index is 10.8. The molecule has 17 heavy (non-hydrogen) atoms. The number of ether oxygens (including phenoxy) is 2. The summed E-state index contributed by atoms with van der Waals surface area (Å²) in [5, 5.41) is 9.28. The van der Waals surface area contributed by atoms with Gasteiger partial charge in [-0.3, -0.25) is 0 Å². The second kappa shape index (κ2) is 6.83. The number of carboxylic acid groups (broad SMARTS) is 1. The number of carbonyl (C=O) groups is 1. The summed E-state index contributed by atoms with van der Waals surface area (Å²) in [4.78, 5) is 10.8. The highest BCUT2D eigenvalue weighted by molar-refractivity contribution is 9.10. The van der Waals surface area contributed by atoms with Crippen molar-refractivity contribution < 1.29 is 19.4 Å². The topological polar surface area (TPSA) is 55.8 Å². The first-order valence-corrected chi connectivity index (χ1v) is 6.14. The maximum Gasteiger partial charge on any atom is 0.336 e. The Bertz CT molecular complexity index is 397. The molecule has 0 spiro atoms. The minimum atomic E-state index is -1.06. The first kappa shape index (κ1) is 14.3. The van der Waals surface area contributed by atoms with Gasteiger partial charge in [-0.25, -0.2) is 4.79 Å². The Hall–Kier alpha value is -0.780. The first-order valence-electron chi connectivity index (χ1n) is 4.96. The van der Waals surface area contributed by atoms with E-state index in [-0.39, 0.29) is 6.61 Å². The van der Waals surface area contributed by atoms with Crippen LogP contribution in [0.1, 0.15) is 6.92 Å². The summed E-state index contributed by atoms with van der Waals surface area (Å²) >= 11 is 9.18. The van der Waals surface area contributed by atoms with E-state index in [2.05, 4.69) is 15.9 Å². The van der Waals surface area contributed by atoms with E-state index in [4.69, 9.17) is 26.2 Å². The molecule has 1 atom stereocenters. The van der Waals surface area contributed by atoms with Gasteiger partial charge in [-0.1, -0.05) is 27.5 Å². The Morgan fingerprint density at radius 2 is 2.29 bits per heavy atom. The standard InChI is InChI=1S/C11H12BrClO4/c1-2-16-10(11(14)15)6-17-9-5-7(12)3-4-8(9)13/h3-5,10H,2,6H2,1H3,(H,14,15). The van der Waals surface area contributed by atoms with Crippen LogP contribution < -0.4 is 4.74 Å². The van der Waals surface area contributed by atoms with Crippen molar-refractivity contribution in [3.05, 3.63) is 27.7 Å². The molecule has 1 N–H and O–H groups in total. The number of hydrogen-bond acceptors (Lipinski definition) is 3. The molecule has 0 heterocycles. The average molecular weight is 324 g/mol. The highest BCUT2D eigenvalue weighted by atomic mass is 79.9. The molecule has 1 rings (SSSR count). The third-order valence-corrected chi connectivity index (χ3v) is 2.73. The van der Waals surface area contributed by atoms with Crippen molar-refractivity contribution in [3.8, 4) is 5.75 Å². The summed E-state index contributed by atoms with van der Waals surface area (Å²) in [6, 6.07) is 5.11. The molecular weight excluding hydrogens is 311 g/mol. The molecule has 0 saturated carbocycles. The highest BCUT2D eigenvalue weighted by Crippen LogP contribution is 2.28. The lowest BCUT2D eigenvalue weighted by molar-refractivity contribution is -0.152. The minimum absolute atomic E-state index is 0.0840. The van der Waals surface area contributed by atoms with Gasteiger partial charge >= 0.3 is 5.97 Å². The van der Waals surface area contributed by atoms with Crippen molar-refractivity contribution in [2.45, 2.75) is 13.0 Å². The number of carboxylic acids is 1. The summed E-state index contributed by atoms with van der Waals surface area (Å²) in [6.45, 7) is 1.95. The zero-order chi connectivity index (χ0) is 12.8. The van der Waals surface area contributed by atoms with E-state index < -0.39 is 12.1 Å². The number of rotatable bonds is 6. The summed E-state index contributed by atoms with van der Waals surface area (Å²) in [5.74, 6) is -0.634. The second-order valence-electron chi connectivity index (χ2n) is 3.17. The van der Waals surface area contributed by atoms with Gasteiger partial charge in [0.2, 0.25) is 0 Å². The average Bonchev–Trinajstić information content (AvgIpc) is 2.28. The normalized spacial score (nSPS) is 12.2. The molecule has 0 bridgehead atoms. The van der Waals surface area contributed by atoms with Crippen LogP contribution in [0.2, 0.25) is 5.02 Å². The Morgan fingerprint density at radius 3 is 2.88 bits per heavy atom. The fraction of sp³-hybridized carbons (Fsp3) is 0.364. The Balaban J connectivity index is 2.64. The zero-order valence-corrected chi connectivity index (χ0v) is 11.5. The lowest BCUT2D eigenvalue weighted by Crippen LogP contribution is -2.30. The van der Waals surface area contributed by atoms with Gasteiger partial charge in [-0.15, -0.1) is 0 Å². The van der Waals surface area contributed by atoms with Gasteiger partial charge in [0.1, 0.15) is 12.4 Å². The molecule has 4 nitrogen and oxygen atoms in total. The van der Waals surface area contributed by atoms with Crippen LogP contribution >= 0.6 is 27.5 Å². The van der Waals surface area contributed by atoms with Crippen molar-refractivity contribution >= 4 is 33.5 Å². The Labute approximate surface area is 113 Å². The second-order valence-corrected chi connectivity index (χ2v) is 4.49. The highest BCUT2D eigenvalue weighted by Gasteiger charge is 2.18. The van der Waals surface area contributed by atoms with Crippen molar-refractivity contribution in [1.82, 2.24) is 0 Å². The summed E-state index contributed by atoms with van der Waals surface area (Å²) in [5.41, 5.74) is 0. The van der Waals surface area contributed by atoms with E-state index >= 15 is 0 Å². The maximum atomic E-state index is 10.8. The fourth-order valence-corrected chi connectivity index (χ4v) is 1.66. The molecule has 94 valence electrons. The van der Waals surface area contributed by atoms with Crippen LogP contribution in [0.3, 0.4) is 0 Å². The summed E-state index contributed by atoms with van der Waals surface area (Å²) < 4.78 is 11.1. The van der Waals surface area contributed by atoms with Crippen molar-refractivity contribution in [2.24, 2.45) is 0 Å². The first-order chi connectivity index (χ1) is 8.04. The lowest BCUT2D eigenvalue weighted by Gasteiger charge is -2.14. The molecule has 0 aliphatic heterocycles. The van der Waals surface area contributed by atoms with Gasteiger partial charge in [0.15, 0.2) is 6.10 Å². The summed E-state index contributed by atoms with van der Waals surface area (Å²) in [7, 11) is 0. The third-order valence-electron chi connectivity index (χ3n) is 1.93. The molecule has 0 amide bonds. The van der Waals surface area contributed by atoms with Gasteiger partial charge in [-0.2, -0.15) is 0 Å². The van der Waals surface area contributed by atoms with Crippen LogP contribution in [0.5, 0.6) is 5.75 Å². The van der Waals surface area contributed by atoms with Crippen molar-refractivity contribution in [1.29, 1.82) is 0 Å². The largest absolute Gasteiger partial charge is 0.489 e. The van der Waals surface area contributed by atoms with E-state index in [0.29, 0.717) is 17.4 Å². The zero-order valence-electron chi connectivity index (χ0n) is 9.15.